The van der Waals surface area contributed by atoms with Gasteiger partial charge in [-0.25, -0.2) is 9.59 Å². The minimum atomic E-state index is -0.454. The number of carbonyl (C=O) groups excluding carboxylic acids is 1. The van der Waals surface area contributed by atoms with Crippen molar-refractivity contribution in [3.63, 3.8) is 0 Å². The van der Waals surface area contributed by atoms with Gasteiger partial charge in [0, 0.05) is 25.1 Å². The number of urea groups is 1. The SMILES string of the molecule is COc1ccc(NC(=O)N2CCC(Oc3cc(C)oc(=O)c3)C2)c(OC)c1. The summed E-state index contributed by atoms with van der Waals surface area (Å²) in [6, 6.07) is 7.90. The summed E-state index contributed by atoms with van der Waals surface area (Å²) in [4.78, 5) is 25.6. The number of amides is 2. The molecule has 1 N–H and O–H groups in total. The Labute approximate surface area is 156 Å². The number of anilines is 1. The van der Waals surface area contributed by atoms with Gasteiger partial charge in [-0.15, -0.1) is 0 Å². The Morgan fingerprint density at radius 2 is 2.00 bits per heavy atom. The smallest absolute Gasteiger partial charge is 0.339 e. The predicted molar refractivity (Wildman–Crippen MR) is 98.9 cm³/mol. The summed E-state index contributed by atoms with van der Waals surface area (Å²) in [5.74, 6) is 2.09. The third-order valence-electron chi connectivity index (χ3n) is 4.25. The van der Waals surface area contributed by atoms with Gasteiger partial charge in [0.15, 0.2) is 0 Å². The Morgan fingerprint density at radius 1 is 1.19 bits per heavy atom. The predicted octanol–water partition coefficient (Wildman–Crippen LogP) is 2.65. The van der Waals surface area contributed by atoms with E-state index in [9.17, 15) is 9.59 Å². The van der Waals surface area contributed by atoms with Crippen LogP contribution in [0.15, 0.2) is 39.5 Å². The van der Waals surface area contributed by atoms with E-state index in [-0.39, 0.29) is 12.1 Å². The molecule has 2 amide bonds. The van der Waals surface area contributed by atoms with Crippen LogP contribution in [0.3, 0.4) is 0 Å². The largest absolute Gasteiger partial charge is 0.497 e. The Morgan fingerprint density at radius 3 is 2.70 bits per heavy atom. The van der Waals surface area contributed by atoms with Crippen molar-refractivity contribution in [2.45, 2.75) is 19.4 Å². The molecule has 0 aliphatic carbocycles. The summed E-state index contributed by atoms with van der Waals surface area (Å²) in [6.45, 7) is 2.66. The summed E-state index contributed by atoms with van der Waals surface area (Å²) in [6.07, 6.45) is 0.488. The van der Waals surface area contributed by atoms with E-state index in [1.54, 1.807) is 43.2 Å². The van der Waals surface area contributed by atoms with E-state index < -0.39 is 5.63 Å². The molecule has 27 heavy (non-hydrogen) atoms. The fraction of sp³-hybridized carbons (Fsp3) is 0.368. The molecule has 1 unspecified atom stereocenters. The van der Waals surface area contributed by atoms with Gasteiger partial charge in [-0.3, -0.25) is 0 Å². The lowest BCUT2D eigenvalue weighted by Gasteiger charge is -2.19. The molecular weight excluding hydrogens is 352 g/mol. The highest BCUT2D eigenvalue weighted by atomic mass is 16.5. The summed E-state index contributed by atoms with van der Waals surface area (Å²) in [5, 5.41) is 2.84. The summed E-state index contributed by atoms with van der Waals surface area (Å²) < 4.78 is 21.2. The Kier molecular flexibility index (Phi) is 5.54. The number of nitrogens with zero attached hydrogens (tertiary/aromatic N) is 1. The molecule has 1 aromatic carbocycles. The average Bonchev–Trinajstić information content (AvgIpc) is 3.09. The lowest BCUT2D eigenvalue weighted by molar-refractivity contribution is 0.193. The molecule has 1 atom stereocenters. The molecule has 8 nitrogen and oxygen atoms in total. The van der Waals surface area contributed by atoms with Crippen LogP contribution in [0.5, 0.6) is 17.2 Å². The molecule has 0 saturated carbocycles. The molecular formula is C19H22N2O6. The fourth-order valence-corrected chi connectivity index (χ4v) is 2.94. The molecule has 0 bridgehead atoms. The maximum absolute atomic E-state index is 12.6. The first kappa shape index (κ1) is 18.6. The standard InChI is InChI=1S/C19H22N2O6/c1-12-8-15(10-18(22)26-12)27-14-6-7-21(11-14)19(23)20-16-5-4-13(24-2)9-17(16)25-3/h4-5,8-10,14H,6-7,11H2,1-3H3,(H,20,23). The van der Waals surface area contributed by atoms with Crippen molar-refractivity contribution < 1.29 is 23.4 Å². The molecule has 0 radical (unpaired) electrons. The first-order chi connectivity index (χ1) is 13.0. The van der Waals surface area contributed by atoms with Crippen molar-refractivity contribution in [2.24, 2.45) is 0 Å². The van der Waals surface area contributed by atoms with Crippen LogP contribution in [-0.2, 0) is 0 Å². The van der Waals surface area contributed by atoms with Crippen molar-refractivity contribution >= 4 is 11.7 Å². The van der Waals surface area contributed by atoms with Gasteiger partial charge in [0.25, 0.3) is 0 Å². The molecule has 1 saturated heterocycles. The molecule has 1 fully saturated rings. The second kappa shape index (κ2) is 8.03. The highest BCUT2D eigenvalue weighted by molar-refractivity contribution is 5.91. The van der Waals surface area contributed by atoms with Crippen LogP contribution in [0.1, 0.15) is 12.2 Å². The number of aryl methyl sites for hydroxylation is 1. The van der Waals surface area contributed by atoms with Gasteiger partial charge in [0.05, 0.1) is 32.5 Å². The molecule has 144 valence electrons. The van der Waals surface area contributed by atoms with E-state index >= 15 is 0 Å². The topological polar surface area (TPSA) is 90.2 Å². The van der Waals surface area contributed by atoms with Gasteiger partial charge in [-0.05, 0) is 19.1 Å². The third-order valence-corrected chi connectivity index (χ3v) is 4.25. The number of carbonyl (C=O) groups is 1. The lowest BCUT2D eigenvalue weighted by atomic mass is 10.2. The minimum Gasteiger partial charge on any atom is -0.497 e. The van der Waals surface area contributed by atoms with E-state index in [0.717, 1.165) is 0 Å². The number of hydrogen-bond acceptors (Lipinski definition) is 6. The molecule has 2 heterocycles. The Balaban J connectivity index is 1.61. The Hall–Kier alpha value is -3.16. The monoisotopic (exact) mass is 374 g/mol. The number of benzene rings is 1. The van der Waals surface area contributed by atoms with Crippen molar-refractivity contribution in [3.05, 3.63) is 46.5 Å². The van der Waals surface area contributed by atoms with Gasteiger partial charge < -0.3 is 28.8 Å². The van der Waals surface area contributed by atoms with E-state index in [2.05, 4.69) is 5.32 Å². The van der Waals surface area contributed by atoms with E-state index in [1.165, 1.54) is 13.2 Å². The second-order valence-electron chi connectivity index (χ2n) is 6.19. The molecule has 1 aromatic heterocycles. The van der Waals surface area contributed by atoms with E-state index in [1.807, 2.05) is 0 Å². The number of methoxy groups -OCH3 is 2. The van der Waals surface area contributed by atoms with Crippen LogP contribution in [-0.4, -0.2) is 44.3 Å². The number of ether oxygens (including phenoxy) is 3. The lowest BCUT2D eigenvalue weighted by Crippen LogP contribution is -2.34. The van der Waals surface area contributed by atoms with E-state index in [4.69, 9.17) is 18.6 Å². The van der Waals surface area contributed by atoms with Crippen LogP contribution in [0.4, 0.5) is 10.5 Å². The highest BCUT2D eigenvalue weighted by Crippen LogP contribution is 2.29. The van der Waals surface area contributed by atoms with Crippen LogP contribution in [0, 0.1) is 6.92 Å². The average molecular weight is 374 g/mol. The van der Waals surface area contributed by atoms with E-state index in [0.29, 0.717) is 48.2 Å². The van der Waals surface area contributed by atoms with Crippen LogP contribution in [0.25, 0.3) is 0 Å². The van der Waals surface area contributed by atoms with Gasteiger partial charge >= 0.3 is 11.7 Å². The summed E-state index contributed by atoms with van der Waals surface area (Å²) in [5.41, 5.74) is 0.105. The number of likely N-dealkylation sites (tertiary alicyclic amines) is 1. The van der Waals surface area contributed by atoms with Crippen LogP contribution >= 0.6 is 0 Å². The van der Waals surface area contributed by atoms with Gasteiger partial charge in [0.1, 0.15) is 29.1 Å². The zero-order valence-corrected chi connectivity index (χ0v) is 15.5. The van der Waals surface area contributed by atoms with Crippen molar-refractivity contribution in [3.8, 4) is 17.2 Å². The zero-order chi connectivity index (χ0) is 19.4. The highest BCUT2D eigenvalue weighted by Gasteiger charge is 2.28. The summed E-state index contributed by atoms with van der Waals surface area (Å²) >= 11 is 0. The first-order valence-electron chi connectivity index (χ1n) is 8.55. The summed E-state index contributed by atoms with van der Waals surface area (Å²) in [7, 11) is 3.10. The fourth-order valence-electron chi connectivity index (χ4n) is 2.94. The van der Waals surface area contributed by atoms with Gasteiger partial charge in [0.2, 0.25) is 0 Å². The van der Waals surface area contributed by atoms with Crippen LogP contribution in [0.2, 0.25) is 0 Å². The van der Waals surface area contributed by atoms with Gasteiger partial charge in [-0.1, -0.05) is 0 Å². The number of nitrogens with one attached hydrogen (secondary N) is 1. The molecule has 3 rings (SSSR count). The van der Waals surface area contributed by atoms with Crippen molar-refractivity contribution in [2.75, 3.05) is 32.6 Å². The van der Waals surface area contributed by atoms with Crippen LogP contribution < -0.4 is 25.2 Å². The number of rotatable bonds is 5. The molecule has 2 aromatic rings. The normalized spacial score (nSPS) is 16.1. The molecule has 8 heteroatoms. The van der Waals surface area contributed by atoms with Gasteiger partial charge in [-0.2, -0.15) is 0 Å². The maximum atomic E-state index is 12.6. The minimum absolute atomic E-state index is 0.185. The third kappa shape index (κ3) is 4.52. The zero-order valence-electron chi connectivity index (χ0n) is 15.5. The maximum Gasteiger partial charge on any atom is 0.339 e. The molecule has 1 aliphatic heterocycles. The first-order valence-corrected chi connectivity index (χ1v) is 8.55. The molecule has 0 spiro atoms. The quantitative estimate of drug-likeness (QED) is 0.865. The Bertz CT molecular complexity index is 879. The van der Waals surface area contributed by atoms with Crippen molar-refractivity contribution in [1.29, 1.82) is 0 Å². The van der Waals surface area contributed by atoms with Crippen molar-refractivity contribution in [1.82, 2.24) is 4.90 Å². The number of hydrogen-bond donors (Lipinski definition) is 1. The molecule has 1 aliphatic rings. The second-order valence-corrected chi connectivity index (χ2v) is 6.19.